The second-order valence-corrected chi connectivity index (χ2v) is 5.51. The summed E-state index contributed by atoms with van der Waals surface area (Å²) in [5.74, 6) is 0.792. The van der Waals surface area contributed by atoms with Gasteiger partial charge in [-0.15, -0.1) is 11.3 Å². The molecule has 0 bridgehead atoms. The molecular formula is C15H14N4OS. The minimum atomic E-state index is 0.00601. The van der Waals surface area contributed by atoms with E-state index >= 15 is 0 Å². The minimum absolute atomic E-state index is 0.00601. The van der Waals surface area contributed by atoms with Crippen LogP contribution >= 0.6 is 11.3 Å². The van der Waals surface area contributed by atoms with Gasteiger partial charge in [-0.1, -0.05) is 0 Å². The minimum Gasteiger partial charge on any atom is -0.340 e. The third-order valence-corrected chi connectivity index (χ3v) is 4.07. The number of rotatable bonds is 3. The number of hydrogen-bond acceptors (Lipinski definition) is 5. The number of carbonyl (C=O) groups excluding carboxylic acids is 1. The molecule has 0 radical (unpaired) electrons. The molecule has 5 nitrogen and oxygen atoms in total. The molecule has 21 heavy (non-hydrogen) atoms. The molecule has 0 spiro atoms. The van der Waals surface area contributed by atoms with Gasteiger partial charge in [-0.05, 0) is 35.7 Å². The molecule has 3 rings (SSSR count). The molecular weight excluding hydrogens is 284 g/mol. The lowest BCUT2D eigenvalue weighted by Crippen LogP contribution is -2.22. The summed E-state index contributed by atoms with van der Waals surface area (Å²) >= 11 is 1.59. The van der Waals surface area contributed by atoms with Crippen molar-refractivity contribution in [1.82, 2.24) is 9.97 Å². The van der Waals surface area contributed by atoms with E-state index in [1.807, 2.05) is 35.7 Å². The van der Waals surface area contributed by atoms with Crippen LogP contribution in [0.5, 0.6) is 0 Å². The van der Waals surface area contributed by atoms with E-state index in [-0.39, 0.29) is 5.91 Å². The maximum Gasteiger partial charge on any atom is 0.223 e. The Kier molecular flexibility index (Phi) is 3.53. The molecule has 0 fully saturated rings. The van der Waals surface area contributed by atoms with Gasteiger partial charge in [0.1, 0.15) is 17.0 Å². The molecule has 2 aromatic heterocycles. The van der Waals surface area contributed by atoms with Gasteiger partial charge in [-0.3, -0.25) is 4.79 Å². The molecule has 0 aliphatic carbocycles. The topological polar surface area (TPSA) is 58.1 Å². The lowest BCUT2D eigenvalue weighted by atomic mass is 10.2. The first-order chi connectivity index (χ1) is 10.1. The summed E-state index contributed by atoms with van der Waals surface area (Å²) in [6, 6.07) is 9.65. The number of nitrogens with zero attached hydrogens (tertiary/aromatic N) is 3. The first-order valence-electron chi connectivity index (χ1n) is 6.45. The summed E-state index contributed by atoms with van der Waals surface area (Å²) in [7, 11) is 1.75. The normalized spacial score (nSPS) is 10.6. The first kappa shape index (κ1) is 13.5. The van der Waals surface area contributed by atoms with E-state index < -0.39 is 0 Å². The van der Waals surface area contributed by atoms with Crippen LogP contribution in [0.4, 0.5) is 17.2 Å². The molecule has 0 atom stereocenters. The standard InChI is InChI=1S/C15H14N4OS/c1-10(20)19(2)12-5-3-11(4-6-12)18-14-13-7-8-21-15(13)17-9-16-14/h3-9H,1-2H3,(H,16,17,18). The summed E-state index contributed by atoms with van der Waals surface area (Å²) in [6.07, 6.45) is 1.55. The largest absolute Gasteiger partial charge is 0.340 e. The molecule has 0 aliphatic heterocycles. The highest BCUT2D eigenvalue weighted by Gasteiger charge is 2.07. The van der Waals surface area contributed by atoms with Crippen molar-refractivity contribution < 1.29 is 4.79 Å². The Balaban J connectivity index is 1.85. The van der Waals surface area contributed by atoms with Crippen LogP contribution in [0.15, 0.2) is 42.0 Å². The number of benzene rings is 1. The zero-order chi connectivity index (χ0) is 14.8. The van der Waals surface area contributed by atoms with Crippen molar-refractivity contribution in [1.29, 1.82) is 0 Å². The Morgan fingerprint density at radius 1 is 1.19 bits per heavy atom. The van der Waals surface area contributed by atoms with Crippen LogP contribution in [-0.2, 0) is 4.79 Å². The van der Waals surface area contributed by atoms with Crippen LogP contribution in [0.1, 0.15) is 6.92 Å². The van der Waals surface area contributed by atoms with Gasteiger partial charge < -0.3 is 10.2 Å². The van der Waals surface area contributed by atoms with Crippen LogP contribution in [-0.4, -0.2) is 22.9 Å². The zero-order valence-corrected chi connectivity index (χ0v) is 12.5. The quantitative estimate of drug-likeness (QED) is 0.805. The highest BCUT2D eigenvalue weighted by molar-refractivity contribution is 7.16. The van der Waals surface area contributed by atoms with Gasteiger partial charge in [0.15, 0.2) is 0 Å². The number of thiophene rings is 1. The second-order valence-electron chi connectivity index (χ2n) is 4.61. The third-order valence-electron chi connectivity index (χ3n) is 3.25. The number of fused-ring (bicyclic) bond motifs is 1. The summed E-state index contributed by atoms with van der Waals surface area (Å²) in [5, 5.41) is 6.28. The van der Waals surface area contributed by atoms with Crippen LogP contribution in [0.25, 0.3) is 10.2 Å². The smallest absolute Gasteiger partial charge is 0.223 e. The van der Waals surface area contributed by atoms with Crippen molar-refractivity contribution in [2.75, 3.05) is 17.3 Å². The lowest BCUT2D eigenvalue weighted by Gasteiger charge is -2.15. The predicted octanol–water partition coefficient (Wildman–Crippen LogP) is 3.42. The summed E-state index contributed by atoms with van der Waals surface area (Å²) in [6.45, 7) is 1.54. The van der Waals surface area contributed by atoms with E-state index in [1.54, 1.807) is 36.5 Å². The van der Waals surface area contributed by atoms with E-state index in [4.69, 9.17) is 0 Å². The molecule has 0 saturated heterocycles. The Morgan fingerprint density at radius 3 is 2.67 bits per heavy atom. The van der Waals surface area contributed by atoms with Gasteiger partial charge in [0.2, 0.25) is 5.91 Å². The van der Waals surface area contributed by atoms with Gasteiger partial charge in [-0.2, -0.15) is 0 Å². The van der Waals surface area contributed by atoms with Gasteiger partial charge in [0, 0.05) is 25.3 Å². The van der Waals surface area contributed by atoms with Gasteiger partial charge >= 0.3 is 0 Å². The fourth-order valence-corrected chi connectivity index (χ4v) is 2.71. The fraction of sp³-hybridized carbons (Fsp3) is 0.133. The number of hydrogen-bond donors (Lipinski definition) is 1. The molecule has 2 heterocycles. The average molecular weight is 298 g/mol. The van der Waals surface area contributed by atoms with Crippen LogP contribution < -0.4 is 10.2 Å². The maximum atomic E-state index is 11.3. The number of anilines is 3. The van der Waals surface area contributed by atoms with Crippen LogP contribution in [0.2, 0.25) is 0 Å². The van der Waals surface area contributed by atoms with Gasteiger partial charge in [0.25, 0.3) is 0 Å². The van der Waals surface area contributed by atoms with E-state index in [0.29, 0.717) is 0 Å². The first-order valence-corrected chi connectivity index (χ1v) is 7.33. The highest BCUT2D eigenvalue weighted by Crippen LogP contribution is 2.27. The second kappa shape index (κ2) is 5.49. The van der Waals surface area contributed by atoms with Crippen LogP contribution in [0, 0.1) is 0 Å². The summed E-state index contributed by atoms with van der Waals surface area (Å²) in [4.78, 5) is 22.4. The lowest BCUT2D eigenvalue weighted by molar-refractivity contribution is -0.116. The van der Waals surface area contributed by atoms with Gasteiger partial charge in [-0.25, -0.2) is 9.97 Å². The SMILES string of the molecule is CC(=O)N(C)c1ccc(Nc2ncnc3sccc23)cc1. The molecule has 0 unspecified atom stereocenters. The Hall–Kier alpha value is -2.47. The zero-order valence-electron chi connectivity index (χ0n) is 11.7. The van der Waals surface area contributed by atoms with E-state index in [0.717, 1.165) is 27.4 Å². The molecule has 6 heteroatoms. The predicted molar refractivity (Wildman–Crippen MR) is 86.2 cm³/mol. The van der Waals surface area contributed by atoms with Gasteiger partial charge in [0.05, 0.1) is 5.39 Å². The summed E-state index contributed by atoms with van der Waals surface area (Å²) in [5.41, 5.74) is 1.78. The Labute approximate surface area is 126 Å². The molecule has 1 aromatic carbocycles. The van der Waals surface area contributed by atoms with E-state index in [1.165, 1.54) is 0 Å². The maximum absolute atomic E-state index is 11.3. The average Bonchev–Trinajstić information content (AvgIpc) is 2.97. The van der Waals surface area contributed by atoms with Crippen molar-refractivity contribution in [3.05, 3.63) is 42.0 Å². The molecule has 0 aliphatic rings. The van der Waals surface area contributed by atoms with Crippen molar-refractivity contribution in [2.24, 2.45) is 0 Å². The van der Waals surface area contributed by atoms with Crippen molar-refractivity contribution in [2.45, 2.75) is 6.92 Å². The fourth-order valence-electron chi connectivity index (χ4n) is 1.98. The van der Waals surface area contributed by atoms with Crippen molar-refractivity contribution in [3.8, 4) is 0 Å². The van der Waals surface area contributed by atoms with Crippen molar-refractivity contribution >= 4 is 44.7 Å². The Morgan fingerprint density at radius 2 is 1.95 bits per heavy atom. The number of aromatic nitrogens is 2. The summed E-state index contributed by atoms with van der Waals surface area (Å²) < 4.78 is 0. The van der Waals surface area contributed by atoms with E-state index in [9.17, 15) is 4.79 Å². The monoisotopic (exact) mass is 298 g/mol. The third kappa shape index (κ3) is 2.71. The number of nitrogens with one attached hydrogen (secondary N) is 1. The molecule has 3 aromatic rings. The van der Waals surface area contributed by atoms with Crippen molar-refractivity contribution in [3.63, 3.8) is 0 Å². The highest BCUT2D eigenvalue weighted by atomic mass is 32.1. The van der Waals surface area contributed by atoms with E-state index in [2.05, 4.69) is 15.3 Å². The molecule has 1 N–H and O–H groups in total. The number of carbonyl (C=O) groups is 1. The number of amides is 1. The Bertz CT molecular complexity index is 782. The molecule has 0 saturated carbocycles. The molecule has 1 amide bonds. The molecule has 106 valence electrons. The van der Waals surface area contributed by atoms with Crippen LogP contribution in [0.3, 0.4) is 0 Å².